The van der Waals surface area contributed by atoms with Crippen molar-refractivity contribution in [2.75, 3.05) is 19.0 Å². The van der Waals surface area contributed by atoms with E-state index in [0.717, 1.165) is 5.56 Å². The molecule has 0 fully saturated rings. The van der Waals surface area contributed by atoms with Crippen molar-refractivity contribution in [1.82, 2.24) is 0 Å². The first kappa shape index (κ1) is 13.5. The lowest BCUT2D eigenvalue weighted by Gasteiger charge is -2.13. The monoisotopic (exact) mass is 236 g/mol. The minimum Gasteiger partial charge on any atom is -0.495 e. The number of carbonyl (C=O) groups is 1. The maximum absolute atomic E-state index is 11.5. The molecule has 0 saturated heterocycles. The van der Waals surface area contributed by atoms with Crippen LogP contribution in [0.15, 0.2) is 18.2 Å². The lowest BCUT2D eigenvalue weighted by molar-refractivity contribution is -0.116. The molecule has 0 aliphatic rings. The number of hydrogen-bond acceptors (Lipinski definition) is 3. The van der Waals surface area contributed by atoms with Crippen LogP contribution in [0.25, 0.3) is 0 Å². The van der Waals surface area contributed by atoms with Gasteiger partial charge in [0, 0.05) is 13.0 Å². The van der Waals surface area contributed by atoms with Gasteiger partial charge in [-0.25, -0.2) is 0 Å². The molecule has 0 heterocycles. The summed E-state index contributed by atoms with van der Waals surface area (Å²) in [4.78, 5) is 11.5. The van der Waals surface area contributed by atoms with Crippen molar-refractivity contribution in [2.24, 2.45) is 5.73 Å². The second-order valence-corrected chi connectivity index (χ2v) is 4.20. The van der Waals surface area contributed by atoms with Crippen molar-refractivity contribution in [3.63, 3.8) is 0 Å². The highest BCUT2D eigenvalue weighted by atomic mass is 16.5. The molecule has 3 N–H and O–H groups in total. The molecule has 1 aromatic carbocycles. The Balaban J connectivity index is 2.93. The normalized spacial score (nSPS) is 10.4. The Bertz CT molecular complexity index is 389. The SMILES string of the molecule is COc1ccc(C(C)C)cc1NC(=O)CCN. The molecule has 0 radical (unpaired) electrons. The predicted molar refractivity (Wildman–Crippen MR) is 69.4 cm³/mol. The standard InChI is InChI=1S/C13H20N2O2/c1-9(2)10-4-5-12(17-3)11(8-10)15-13(16)6-7-14/h4-5,8-9H,6-7,14H2,1-3H3,(H,15,16). The van der Waals surface area contributed by atoms with E-state index in [1.54, 1.807) is 7.11 Å². The number of benzene rings is 1. The van der Waals surface area contributed by atoms with Gasteiger partial charge in [0.2, 0.25) is 5.91 Å². The van der Waals surface area contributed by atoms with Crippen LogP contribution in [-0.4, -0.2) is 19.6 Å². The van der Waals surface area contributed by atoms with E-state index in [1.807, 2.05) is 18.2 Å². The third-order valence-corrected chi connectivity index (χ3v) is 2.54. The van der Waals surface area contributed by atoms with Crippen LogP contribution in [0.4, 0.5) is 5.69 Å². The van der Waals surface area contributed by atoms with Crippen molar-refractivity contribution >= 4 is 11.6 Å². The highest BCUT2D eigenvalue weighted by Gasteiger charge is 2.09. The summed E-state index contributed by atoms with van der Waals surface area (Å²) >= 11 is 0. The van der Waals surface area contributed by atoms with E-state index in [9.17, 15) is 4.79 Å². The molecular formula is C13H20N2O2. The van der Waals surface area contributed by atoms with Crippen LogP contribution in [0.2, 0.25) is 0 Å². The first-order chi connectivity index (χ1) is 8.08. The highest BCUT2D eigenvalue weighted by Crippen LogP contribution is 2.28. The molecule has 0 atom stereocenters. The van der Waals surface area contributed by atoms with E-state index in [-0.39, 0.29) is 5.91 Å². The summed E-state index contributed by atoms with van der Waals surface area (Å²) in [6, 6.07) is 5.81. The molecule has 94 valence electrons. The molecule has 4 heteroatoms. The van der Waals surface area contributed by atoms with E-state index < -0.39 is 0 Å². The molecule has 17 heavy (non-hydrogen) atoms. The molecular weight excluding hydrogens is 216 g/mol. The Labute approximate surface area is 102 Å². The van der Waals surface area contributed by atoms with E-state index in [0.29, 0.717) is 30.3 Å². The summed E-state index contributed by atoms with van der Waals surface area (Å²) in [6.07, 6.45) is 0.315. The fourth-order valence-electron chi connectivity index (χ4n) is 1.53. The zero-order valence-electron chi connectivity index (χ0n) is 10.6. The second kappa shape index (κ2) is 6.25. The van der Waals surface area contributed by atoms with Gasteiger partial charge < -0.3 is 15.8 Å². The molecule has 1 aromatic rings. The Kier molecular flexibility index (Phi) is 4.97. The largest absolute Gasteiger partial charge is 0.495 e. The van der Waals surface area contributed by atoms with Gasteiger partial charge in [-0.15, -0.1) is 0 Å². The van der Waals surface area contributed by atoms with Crippen LogP contribution in [0.1, 0.15) is 31.7 Å². The summed E-state index contributed by atoms with van der Waals surface area (Å²) < 4.78 is 5.21. The van der Waals surface area contributed by atoms with Crippen molar-refractivity contribution in [1.29, 1.82) is 0 Å². The van der Waals surface area contributed by atoms with Crippen LogP contribution >= 0.6 is 0 Å². The van der Waals surface area contributed by atoms with Crippen molar-refractivity contribution in [3.05, 3.63) is 23.8 Å². The van der Waals surface area contributed by atoms with Gasteiger partial charge in [-0.05, 0) is 23.6 Å². The number of carbonyl (C=O) groups excluding carboxylic acids is 1. The Morgan fingerprint density at radius 1 is 1.47 bits per heavy atom. The molecule has 0 unspecified atom stereocenters. The van der Waals surface area contributed by atoms with Crippen molar-refractivity contribution in [2.45, 2.75) is 26.2 Å². The van der Waals surface area contributed by atoms with Crippen LogP contribution in [0, 0.1) is 0 Å². The van der Waals surface area contributed by atoms with Crippen LogP contribution < -0.4 is 15.8 Å². The number of nitrogens with two attached hydrogens (primary N) is 1. The van der Waals surface area contributed by atoms with Gasteiger partial charge in [0.1, 0.15) is 5.75 Å². The lowest BCUT2D eigenvalue weighted by Crippen LogP contribution is -2.16. The molecule has 0 aliphatic carbocycles. The Morgan fingerprint density at radius 3 is 2.71 bits per heavy atom. The van der Waals surface area contributed by atoms with Gasteiger partial charge in [-0.3, -0.25) is 4.79 Å². The van der Waals surface area contributed by atoms with Gasteiger partial charge in [0.05, 0.1) is 12.8 Å². The number of anilines is 1. The number of nitrogens with one attached hydrogen (secondary N) is 1. The molecule has 0 spiro atoms. The third-order valence-electron chi connectivity index (χ3n) is 2.54. The van der Waals surface area contributed by atoms with E-state index in [2.05, 4.69) is 19.2 Å². The number of rotatable bonds is 5. The smallest absolute Gasteiger partial charge is 0.225 e. The minimum absolute atomic E-state index is 0.0910. The van der Waals surface area contributed by atoms with Crippen molar-refractivity contribution in [3.8, 4) is 5.75 Å². The van der Waals surface area contributed by atoms with Gasteiger partial charge in [-0.2, -0.15) is 0 Å². The quantitative estimate of drug-likeness (QED) is 0.823. The lowest BCUT2D eigenvalue weighted by atomic mass is 10.0. The zero-order chi connectivity index (χ0) is 12.8. The zero-order valence-corrected chi connectivity index (χ0v) is 10.6. The van der Waals surface area contributed by atoms with E-state index in [1.165, 1.54) is 0 Å². The number of hydrogen-bond donors (Lipinski definition) is 2. The van der Waals surface area contributed by atoms with Gasteiger partial charge in [0.15, 0.2) is 0 Å². The number of methoxy groups -OCH3 is 1. The van der Waals surface area contributed by atoms with Crippen LogP contribution in [0.3, 0.4) is 0 Å². The molecule has 4 nitrogen and oxygen atoms in total. The molecule has 0 aliphatic heterocycles. The predicted octanol–water partition coefficient (Wildman–Crippen LogP) is 2.11. The molecule has 0 saturated carbocycles. The molecule has 0 aromatic heterocycles. The van der Waals surface area contributed by atoms with E-state index in [4.69, 9.17) is 10.5 Å². The first-order valence-corrected chi connectivity index (χ1v) is 5.76. The summed E-state index contributed by atoms with van der Waals surface area (Å²) in [5.41, 5.74) is 7.21. The van der Waals surface area contributed by atoms with Crippen LogP contribution in [-0.2, 0) is 4.79 Å². The van der Waals surface area contributed by atoms with Crippen LogP contribution in [0.5, 0.6) is 5.75 Å². The minimum atomic E-state index is -0.0910. The molecule has 0 bridgehead atoms. The fourth-order valence-corrected chi connectivity index (χ4v) is 1.53. The second-order valence-electron chi connectivity index (χ2n) is 4.20. The fraction of sp³-hybridized carbons (Fsp3) is 0.462. The van der Waals surface area contributed by atoms with Gasteiger partial charge >= 0.3 is 0 Å². The number of ether oxygens (including phenoxy) is 1. The maximum atomic E-state index is 11.5. The van der Waals surface area contributed by atoms with Crippen molar-refractivity contribution < 1.29 is 9.53 Å². The summed E-state index contributed by atoms with van der Waals surface area (Å²) in [5, 5.41) is 2.81. The average Bonchev–Trinajstić information content (AvgIpc) is 2.29. The highest BCUT2D eigenvalue weighted by molar-refractivity contribution is 5.92. The summed E-state index contributed by atoms with van der Waals surface area (Å²) in [5.74, 6) is 0.984. The molecule has 1 amide bonds. The first-order valence-electron chi connectivity index (χ1n) is 5.76. The van der Waals surface area contributed by atoms with Gasteiger partial charge in [0.25, 0.3) is 0 Å². The Hall–Kier alpha value is -1.55. The average molecular weight is 236 g/mol. The maximum Gasteiger partial charge on any atom is 0.225 e. The summed E-state index contributed by atoms with van der Waals surface area (Å²) in [6.45, 7) is 4.55. The topological polar surface area (TPSA) is 64.3 Å². The number of amides is 1. The van der Waals surface area contributed by atoms with Gasteiger partial charge in [-0.1, -0.05) is 19.9 Å². The molecule has 1 rings (SSSR count). The Morgan fingerprint density at radius 2 is 2.18 bits per heavy atom. The summed E-state index contributed by atoms with van der Waals surface area (Å²) in [7, 11) is 1.59. The van der Waals surface area contributed by atoms with E-state index >= 15 is 0 Å². The third kappa shape index (κ3) is 3.75.